The predicted molar refractivity (Wildman–Crippen MR) is 123 cm³/mol. The Hall–Kier alpha value is -3.14. The normalized spacial score (nSPS) is 16.8. The first kappa shape index (κ1) is 25.5. The van der Waals surface area contributed by atoms with Crippen LogP contribution in [0.1, 0.15) is 26.3 Å². The van der Waals surface area contributed by atoms with E-state index in [9.17, 15) is 18.0 Å². The Morgan fingerprint density at radius 1 is 1.18 bits per heavy atom. The molecule has 0 aromatic heterocycles. The van der Waals surface area contributed by atoms with Crippen LogP contribution in [-0.2, 0) is 15.7 Å². The maximum absolute atomic E-state index is 14.3. The van der Waals surface area contributed by atoms with E-state index >= 15 is 0 Å². The summed E-state index contributed by atoms with van der Waals surface area (Å²) >= 11 is 0. The number of nitrogen functional groups attached to an aromatic ring is 1. The predicted octanol–water partition coefficient (Wildman–Crippen LogP) is 5.15. The van der Waals surface area contributed by atoms with Crippen molar-refractivity contribution in [2.75, 3.05) is 43.9 Å². The first-order valence-corrected chi connectivity index (χ1v) is 10.9. The van der Waals surface area contributed by atoms with Crippen LogP contribution in [0.15, 0.2) is 42.5 Å². The Kier molecular flexibility index (Phi) is 7.50. The molecule has 3 rings (SSSR count). The molecule has 1 aliphatic heterocycles. The summed E-state index contributed by atoms with van der Waals surface area (Å²) in [6.45, 7) is 5.89. The van der Waals surface area contributed by atoms with Gasteiger partial charge in [0.2, 0.25) is 0 Å². The number of anilines is 2. The lowest BCUT2D eigenvalue weighted by atomic mass is 10.1. The Bertz CT molecular complexity index is 993. The van der Waals surface area contributed by atoms with E-state index in [-0.39, 0.29) is 49.1 Å². The number of hydrogen-bond acceptors (Lipinski definition) is 6. The van der Waals surface area contributed by atoms with Gasteiger partial charge in [0.1, 0.15) is 22.7 Å². The molecule has 10 heteroatoms. The molecule has 186 valence electrons. The number of amides is 1. The van der Waals surface area contributed by atoms with E-state index < -0.39 is 29.5 Å². The number of carbonyl (C=O) groups is 1. The Morgan fingerprint density at radius 2 is 1.85 bits per heavy atom. The van der Waals surface area contributed by atoms with Crippen molar-refractivity contribution in [3.63, 3.8) is 0 Å². The standard InChI is InChI=1S/C24H30F3N3O4/c1-23(2,3)34-22(31)29(4)14-17-15-30(12-13-32-17)21-18(28)10-11-19(20(21)24(25,26)27)33-16-8-6-5-7-9-16/h5-11,17H,12-15,28H2,1-4H3/t17-/m0/s1. The molecule has 0 radical (unpaired) electrons. The van der Waals surface area contributed by atoms with Crippen LogP contribution in [-0.4, -0.2) is 56.0 Å². The molecule has 0 bridgehead atoms. The van der Waals surface area contributed by atoms with Gasteiger partial charge in [0.25, 0.3) is 0 Å². The van der Waals surface area contributed by atoms with Crippen LogP contribution < -0.4 is 15.4 Å². The second-order valence-electron chi connectivity index (χ2n) is 9.09. The zero-order valence-corrected chi connectivity index (χ0v) is 19.7. The highest BCUT2D eigenvalue weighted by atomic mass is 19.4. The number of benzene rings is 2. The maximum atomic E-state index is 14.3. The molecule has 1 amide bonds. The van der Waals surface area contributed by atoms with Crippen LogP contribution in [0.5, 0.6) is 11.5 Å². The molecule has 1 fully saturated rings. The van der Waals surface area contributed by atoms with Crippen molar-refractivity contribution in [3.05, 3.63) is 48.0 Å². The van der Waals surface area contributed by atoms with Gasteiger partial charge in [-0.2, -0.15) is 13.2 Å². The van der Waals surface area contributed by atoms with Gasteiger partial charge in [0, 0.05) is 20.1 Å². The van der Waals surface area contributed by atoms with Crippen molar-refractivity contribution in [1.29, 1.82) is 0 Å². The molecule has 1 heterocycles. The van der Waals surface area contributed by atoms with Gasteiger partial charge in [0.05, 0.1) is 30.6 Å². The number of rotatable bonds is 5. The Balaban J connectivity index is 1.86. The van der Waals surface area contributed by atoms with Crippen LogP contribution in [0.3, 0.4) is 0 Å². The van der Waals surface area contributed by atoms with E-state index in [1.54, 1.807) is 58.2 Å². The molecule has 0 saturated carbocycles. The molecule has 0 spiro atoms. The van der Waals surface area contributed by atoms with Crippen molar-refractivity contribution in [3.8, 4) is 11.5 Å². The third kappa shape index (κ3) is 6.47. The molecule has 1 aliphatic rings. The number of para-hydroxylation sites is 1. The van der Waals surface area contributed by atoms with Gasteiger partial charge in [-0.05, 0) is 45.0 Å². The van der Waals surface area contributed by atoms with Gasteiger partial charge >= 0.3 is 12.3 Å². The van der Waals surface area contributed by atoms with Crippen molar-refractivity contribution in [2.24, 2.45) is 0 Å². The van der Waals surface area contributed by atoms with Crippen LogP contribution >= 0.6 is 0 Å². The first-order chi connectivity index (χ1) is 15.8. The zero-order valence-electron chi connectivity index (χ0n) is 19.7. The highest BCUT2D eigenvalue weighted by Gasteiger charge is 2.41. The third-order valence-electron chi connectivity index (χ3n) is 5.06. The minimum atomic E-state index is -4.71. The highest BCUT2D eigenvalue weighted by molar-refractivity contribution is 5.76. The highest BCUT2D eigenvalue weighted by Crippen LogP contribution is 2.47. The van der Waals surface area contributed by atoms with Crippen molar-refractivity contribution in [1.82, 2.24) is 4.90 Å². The number of nitrogens with two attached hydrogens (primary N) is 1. The molecular weight excluding hydrogens is 451 g/mol. The summed E-state index contributed by atoms with van der Waals surface area (Å²) in [5.74, 6) is -0.0561. The number of halogens is 3. The molecule has 2 aromatic carbocycles. The molecule has 0 aliphatic carbocycles. The quantitative estimate of drug-likeness (QED) is 0.595. The Labute approximate surface area is 197 Å². The van der Waals surface area contributed by atoms with Gasteiger partial charge in [-0.15, -0.1) is 0 Å². The van der Waals surface area contributed by atoms with Gasteiger partial charge < -0.3 is 29.7 Å². The van der Waals surface area contributed by atoms with E-state index in [0.717, 1.165) is 0 Å². The molecule has 2 N–H and O–H groups in total. The molecule has 1 saturated heterocycles. The largest absolute Gasteiger partial charge is 0.457 e. The molecule has 1 atom stereocenters. The van der Waals surface area contributed by atoms with Crippen LogP contribution in [0.2, 0.25) is 0 Å². The van der Waals surface area contributed by atoms with Crippen molar-refractivity contribution in [2.45, 2.75) is 38.7 Å². The minimum Gasteiger partial charge on any atom is -0.457 e. The molecule has 2 aromatic rings. The molecule has 0 unspecified atom stereocenters. The van der Waals surface area contributed by atoms with Gasteiger partial charge in [-0.3, -0.25) is 0 Å². The summed E-state index contributed by atoms with van der Waals surface area (Å²) in [6, 6.07) is 10.9. The fraction of sp³-hybridized carbons (Fsp3) is 0.458. The number of ether oxygens (including phenoxy) is 3. The van der Waals surface area contributed by atoms with Crippen molar-refractivity contribution >= 4 is 17.5 Å². The van der Waals surface area contributed by atoms with Crippen LogP contribution in [0.25, 0.3) is 0 Å². The second-order valence-corrected chi connectivity index (χ2v) is 9.09. The van der Waals surface area contributed by atoms with Gasteiger partial charge in [-0.1, -0.05) is 18.2 Å². The first-order valence-electron chi connectivity index (χ1n) is 10.9. The maximum Gasteiger partial charge on any atom is 0.422 e. The monoisotopic (exact) mass is 481 g/mol. The lowest BCUT2D eigenvalue weighted by molar-refractivity contribution is -0.138. The minimum absolute atomic E-state index is 0.0196. The van der Waals surface area contributed by atoms with Gasteiger partial charge in [-0.25, -0.2) is 4.79 Å². The van der Waals surface area contributed by atoms with E-state index in [1.807, 2.05) is 0 Å². The lowest BCUT2D eigenvalue weighted by Gasteiger charge is -2.38. The summed E-state index contributed by atoms with van der Waals surface area (Å²) in [5.41, 5.74) is 4.26. The van der Waals surface area contributed by atoms with E-state index in [0.29, 0.717) is 0 Å². The SMILES string of the molecule is CN(C[C@H]1CN(c2c(N)ccc(Oc3ccccc3)c2C(F)(F)F)CCO1)C(=O)OC(C)(C)C. The third-order valence-corrected chi connectivity index (χ3v) is 5.06. The summed E-state index contributed by atoms with van der Waals surface area (Å²) in [4.78, 5) is 15.2. The summed E-state index contributed by atoms with van der Waals surface area (Å²) in [7, 11) is 1.56. The van der Waals surface area contributed by atoms with Gasteiger partial charge in [0.15, 0.2) is 0 Å². The number of hydrogen-bond donors (Lipinski definition) is 1. The summed E-state index contributed by atoms with van der Waals surface area (Å²) in [5, 5.41) is 0. The fourth-order valence-electron chi connectivity index (χ4n) is 3.66. The fourth-order valence-corrected chi connectivity index (χ4v) is 3.66. The summed E-state index contributed by atoms with van der Waals surface area (Å²) < 4.78 is 59.4. The lowest BCUT2D eigenvalue weighted by Crippen LogP contribution is -2.49. The average molecular weight is 482 g/mol. The zero-order chi connectivity index (χ0) is 25.1. The van der Waals surface area contributed by atoms with Crippen LogP contribution in [0, 0.1) is 0 Å². The topological polar surface area (TPSA) is 77.3 Å². The van der Waals surface area contributed by atoms with E-state index in [2.05, 4.69) is 0 Å². The van der Waals surface area contributed by atoms with Crippen molar-refractivity contribution < 1.29 is 32.2 Å². The molecule has 7 nitrogen and oxygen atoms in total. The number of carbonyl (C=O) groups excluding carboxylic acids is 1. The molecular formula is C24H30F3N3O4. The number of alkyl halides is 3. The smallest absolute Gasteiger partial charge is 0.422 e. The number of nitrogens with zero attached hydrogens (tertiary/aromatic N) is 2. The molecule has 34 heavy (non-hydrogen) atoms. The second kappa shape index (κ2) is 10.0. The average Bonchev–Trinajstić information content (AvgIpc) is 2.73. The number of likely N-dealkylation sites (N-methyl/N-ethyl adjacent to an activating group) is 1. The van der Waals surface area contributed by atoms with E-state index in [4.69, 9.17) is 19.9 Å². The number of morpholine rings is 1. The Morgan fingerprint density at radius 3 is 2.47 bits per heavy atom. The van der Waals surface area contributed by atoms with Crippen LogP contribution in [0.4, 0.5) is 29.3 Å². The summed E-state index contributed by atoms with van der Waals surface area (Å²) in [6.07, 6.45) is -5.79. The van der Waals surface area contributed by atoms with E-state index in [1.165, 1.54) is 21.9 Å².